The number of methoxy groups -OCH3 is 1. The molecule has 3 rings (SSSR count). The number of esters is 1. The van der Waals surface area contributed by atoms with E-state index in [1.54, 1.807) is 24.3 Å². The third kappa shape index (κ3) is 3.43. The second-order valence-electron chi connectivity index (χ2n) is 5.59. The highest BCUT2D eigenvalue weighted by Crippen LogP contribution is 2.33. The fraction of sp³-hybridized carbons (Fsp3) is 0.438. The van der Waals surface area contributed by atoms with Crippen LogP contribution in [0.25, 0.3) is 11.4 Å². The molecule has 8 heteroatoms. The standard InChI is InChI=1S/C16H19N3O4.ClH/c1-21-14(20)12-4-2-11(3-5-12)13-18-15(23-19-13)16(10-17)6-8-22-9-7-16;/h2-5H,6-10,17H2,1H3;1H. The zero-order valence-electron chi connectivity index (χ0n) is 13.4. The van der Waals surface area contributed by atoms with Gasteiger partial charge in [-0.05, 0) is 25.0 Å². The van der Waals surface area contributed by atoms with Crippen LogP contribution in [0.15, 0.2) is 28.8 Å². The molecule has 0 spiro atoms. The molecule has 0 bridgehead atoms. The van der Waals surface area contributed by atoms with E-state index in [1.165, 1.54) is 7.11 Å². The van der Waals surface area contributed by atoms with E-state index in [-0.39, 0.29) is 23.8 Å². The third-order valence-corrected chi connectivity index (χ3v) is 4.28. The van der Waals surface area contributed by atoms with E-state index in [0.717, 1.165) is 18.4 Å². The van der Waals surface area contributed by atoms with E-state index in [4.69, 9.17) is 15.0 Å². The van der Waals surface area contributed by atoms with Gasteiger partial charge in [0.15, 0.2) is 0 Å². The number of hydrogen-bond acceptors (Lipinski definition) is 7. The summed E-state index contributed by atoms with van der Waals surface area (Å²) in [7, 11) is 1.35. The van der Waals surface area contributed by atoms with Crippen LogP contribution in [0, 0.1) is 0 Å². The summed E-state index contributed by atoms with van der Waals surface area (Å²) in [6.45, 7) is 1.73. The summed E-state index contributed by atoms with van der Waals surface area (Å²) >= 11 is 0. The third-order valence-electron chi connectivity index (χ3n) is 4.28. The molecule has 24 heavy (non-hydrogen) atoms. The van der Waals surface area contributed by atoms with Crippen molar-refractivity contribution >= 4 is 18.4 Å². The van der Waals surface area contributed by atoms with Crippen molar-refractivity contribution in [3.8, 4) is 11.4 Å². The highest BCUT2D eigenvalue weighted by atomic mass is 35.5. The molecule has 1 aliphatic heterocycles. The van der Waals surface area contributed by atoms with Gasteiger partial charge in [0.2, 0.25) is 11.7 Å². The summed E-state index contributed by atoms with van der Waals surface area (Å²) in [6, 6.07) is 6.87. The van der Waals surface area contributed by atoms with E-state index in [0.29, 0.717) is 37.0 Å². The Morgan fingerprint density at radius 3 is 2.54 bits per heavy atom. The van der Waals surface area contributed by atoms with Gasteiger partial charge in [0.25, 0.3) is 0 Å². The van der Waals surface area contributed by atoms with Crippen LogP contribution in [-0.4, -0.2) is 43.0 Å². The summed E-state index contributed by atoms with van der Waals surface area (Å²) in [6.07, 6.45) is 1.54. The quantitative estimate of drug-likeness (QED) is 0.838. The van der Waals surface area contributed by atoms with E-state index < -0.39 is 0 Å². The largest absolute Gasteiger partial charge is 0.465 e. The fourth-order valence-electron chi connectivity index (χ4n) is 2.70. The number of ether oxygens (including phenoxy) is 2. The summed E-state index contributed by atoms with van der Waals surface area (Å²) in [5, 5.41) is 4.05. The summed E-state index contributed by atoms with van der Waals surface area (Å²) < 4.78 is 15.5. The molecule has 1 fully saturated rings. The first-order chi connectivity index (χ1) is 11.2. The zero-order chi connectivity index (χ0) is 16.3. The van der Waals surface area contributed by atoms with Gasteiger partial charge in [0, 0.05) is 25.3 Å². The first-order valence-electron chi connectivity index (χ1n) is 7.49. The maximum absolute atomic E-state index is 11.5. The number of rotatable bonds is 4. The van der Waals surface area contributed by atoms with Crippen molar-refractivity contribution in [1.82, 2.24) is 10.1 Å². The Balaban J connectivity index is 0.00000208. The first-order valence-corrected chi connectivity index (χ1v) is 7.49. The lowest BCUT2D eigenvalue weighted by atomic mass is 9.80. The van der Waals surface area contributed by atoms with Gasteiger partial charge in [0.05, 0.1) is 18.1 Å². The molecule has 2 N–H and O–H groups in total. The molecule has 2 heterocycles. The minimum atomic E-state index is -0.380. The Morgan fingerprint density at radius 2 is 1.96 bits per heavy atom. The molecule has 1 aliphatic rings. The van der Waals surface area contributed by atoms with Gasteiger partial charge in [0.1, 0.15) is 0 Å². The van der Waals surface area contributed by atoms with Crippen molar-refractivity contribution < 1.29 is 18.8 Å². The number of halogens is 1. The molecule has 2 aromatic rings. The Kier molecular flexibility index (Phi) is 5.93. The molecule has 130 valence electrons. The van der Waals surface area contributed by atoms with Crippen molar-refractivity contribution in [2.24, 2.45) is 5.73 Å². The second kappa shape index (κ2) is 7.74. The summed E-state index contributed by atoms with van der Waals surface area (Å²) in [5.74, 6) is 0.653. The molecule has 0 unspecified atom stereocenters. The smallest absolute Gasteiger partial charge is 0.337 e. The Hall–Kier alpha value is -1.96. The van der Waals surface area contributed by atoms with Crippen LogP contribution in [0.3, 0.4) is 0 Å². The second-order valence-corrected chi connectivity index (χ2v) is 5.59. The summed E-state index contributed by atoms with van der Waals surface area (Å²) in [4.78, 5) is 16.0. The van der Waals surface area contributed by atoms with Gasteiger partial charge in [-0.1, -0.05) is 17.3 Å². The predicted molar refractivity (Wildman–Crippen MR) is 89.1 cm³/mol. The molecule has 0 radical (unpaired) electrons. The minimum absolute atomic E-state index is 0. The molecule has 1 aromatic carbocycles. The van der Waals surface area contributed by atoms with Crippen LogP contribution in [0.1, 0.15) is 29.1 Å². The monoisotopic (exact) mass is 353 g/mol. The van der Waals surface area contributed by atoms with Gasteiger partial charge < -0.3 is 19.7 Å². The molecular weight excluding hydrogens is 334 g/mol. The lowest BCUT2D eigenvalue weighted by Gasteiger charge is -2.32. The number of benzene rings is 1. The Bertz CT molecular complexity index is 681. The van der Waals surface area contributed by atoms with Crippen molar-refractivity contribution in [3.05, 3.63) is 35.7 Å². The van der Waals surface area contributed by atoms with Crippen LogP contribution in [-0.2, 0) is 14.9 Å². The average Bonchev–Trinajstić information content (AvgIpc) is 3.12. The van der Waals surface area contributed by atoms with Crippen LogP contribution in [0.2, 0.25) is 0 Å². The highest BCUT2D eigenvalue weighted by molar-refractivity contribution is 5.89. The normalized spacial score (nSPS) is 16.2. The lowest BCUT2D eigenvalue weighted by molar-refractivity contribution is 0.0409. The van der Waals surface area contributed by atoms with E-state index >= 15 is 0 Å². The molecular formula is C16H20ClN3O4. The maximum Gasteiger partial charge on any atom is 0.337 e. The van der Waals surface area contributed by atoms with Gasteiger partial charge in [-0.15, -0.1) is 12.4 Å². The number of nitrogens with two attached hydrogens (primary N) is 1. The highest BCUT2D eigenvalue weighted by Gasteiger charge is 2.38. The van der Waals surface area contributed by atoms with Crippen LogP contribution < -0.4 is 5.73 Å². The number of carbonyl (C=O) groups excluding carboxylic acids is 1. The van der Waals surface area contributed by atoms with Crippen LogP contribution in [0.5, 0.6) is 0 Å². The Morgan fingerprint density at radius 1 is 1.29 bits per heavy atom. The van der Waals surface area contributed by atoms with Gasteiger partial charge >= 0.3 is 5.97 Å². The fourth-order valence-corrected chi connectivity index (χ4v) is 2.70. The first kappa shape index (κ1) is 18.4. The minimum Gasteiger partial charge on any atom is -0.465 e. The number of aromatic nitrogens is 2. The molecule has 1 aromatic heterocycles. The SMILES string of the molecule is COC(=O)c1ccc(-c2noc(C3(CN)CCOCC3)n2)cc1.Cl. The average molecular weight is 354 g/mol. The van der Waals surface area contributed by atoms with E-state index in [9.17, 15) is 4.79 Å². The van der Waals surface area contributed by atoms with Gasteiger partial charge in [-0.25, -0.2) is 4.79 Å². The van der Waals surface area contributed by atoms with Gasteiger partial charge in [-0.3, -0.25) is 0 Å². The number of nitrogens with zero attached hydrogens (tertiary/aromatic N) is 2. The molecule has 0 aliphatic carbocycles. The van der Waals surface area contributed by atoms with Crippen LogP contribution in [0.4, 0.5) is 0 Å². The molecule has 7 nitrogen and oxygen atoms in total. The van der Waals surface area contributed by atoms with E-state index in [2.05, 4.69) is 14.9 Å². The molecule has 0 amide bonds. The summed E-state index contributed by atoms with van der Waals surface area (Å²) in [5.41, 5.74) is 6.89. The number of hydrogen-bond donors (Lipinski definition) is 1. The maximum atomic E-state index is 11.5. The predicted octanol–water partition coefficient (Wildman–Crippen LogP) is 1.95. The lowest BCUT2D eigenvalue weighted by Crippen LogP contribution is -2.40. The van der Waals surface area contributed by atoms with Crippen molar-refractivity contribution in [2.45, 2.75) is 18.3 Å². The Labute approximate surface area is 145 Å². The van der Waals surface area contributed by atoms with Crippen molar-refractivity contribution in [3.63, 3.8) is 0 Å². The van der Waals surface area contributed by atoms with E-state index in [1.807, 2.05) is 0 Å². The molecule has 0 saturated carbocycles. The number of carbonyl (C=O) groups is 1. The van der Waals surface area contributed by atoms with Crippen molar-refractivity contribution in [1.29, 1.82) is 0 Å². The molecule has 1 saturated heterocycles. The molecule has 0 atom stereocenters. The van der Waals surface area contributed by atoms with Gasteiger partial charge in [-0.2, -0.15) is 4.98 Å². The zero-order valence-corrected chi connectivity index (χ0v) is 14.2. The van der Waals surface area contributed by atoms with Crippen molar-refractivity contribution in [2.75, 3.05) is 26.9 Å². The topological polar surface area (TPSA) is 100 Å². The van der Waals surface area contributed by atoms with Crippen LogP contribution >= 0.6 is 12.4 Å².